The van der Waals surface area contributed by atoms with E-state index in [0.717, 1.165) is 26.2 Å². The molecule has 1 aromatic rings. The predicted molar refractivity (Wildman–Crippen MR) is 66.6 cm³/mol. The van der Waals surface area contributed by atoms with Crippen LogP contribution in [0.25, 0.3) is 0 Å². The number of hydrogen-bond donors (Lipinski definition) is 1. The number of nitrogens with one attached hydrogen (secondary N) is 1. The van der Waals surface area contributed by atoms with E-state index in [9.17, 15) is 0 Å². The third kappa shape index (κ3) is 1.99. The summed E-state index contributed by atoms with van der Waals surface area (Å²) in [5.74, 6) is 0. The molecule has 2 aliphatic rings. The van der Waals surface area contributed by atoms with Gasteiger partial charge in [0, 0.05) is 26.8 Å². The Bertz CT molecular complexity index is 401. The lowest BCUT2D eigenvalue weighted by Gasteiger charge is -2.33. The van der Waals surface area contributed by atoms with E-state index < -0.39 is 0 Å². The van der Waals surface area contributed by atoms with Crippen molar-refractivity contribution in [2.24, 2.45) is 0 Å². The van der Waals surface area contributed by atoms with Crippen LogP contribution in [0.1, 0.15) is 21.0 Å². The third-order valence-electron chi connectivity index (χ3n) is 3.79. The van der Waals surface area contributed by atoms with Crippen LogP contribution in [0.4, 0.5) is 0 Å². The van der Waals surface area contributed by atoms with E-state index in [0.29, 0.717) is 12.8 Å². The maximum absolute atomic E-state index is 5.53. The lowest BCUT2D eigenvalue weighted by atomic mass is 10.0. The SMILES string of the molecule is CC(C)N1Cc2ccnn2CC2(COCN2)C1.[HH]. The van der Waals surface area contributed by atoms with Crippen molar-refractivity contribution in [3.05, 3.63) is 18.0 Å². The molecular formula is C12H22N4O. The molecule has 5 nitrogen and oxygen atoms in total. The van der Waals surface area contributed by atoms with Gasteiger partial charge in [0.1, 0.15) is 0 Å². The summed E-state index contributed by atoms with van der Waals surface area (Å²) >= 11 is 0. The Morgan fingerprint density at radius 3 is 3.12 bits per heavy atom. The standard InChI is InChI=1S/C12H20N4O.H2/c1-10(2)15-5-11-3-4-14-16(11)7-12(6-15)8-17-9-13-12;/h3-4,10,13H,5-9H2,1-2H3;1H. The Labute approximate surface area is 103 Å². The molecule has 1 aromatic heterocycles. The van der Waals surface area contributed by atoms with Crippen LogP contribution in [-0.4, -0.2) is 46.1 Å². The van der Waals surface area contributed by atoms with E-state index in [-0.39, 0.29) is 6.97 Å². The molecule has 1 spiro atoms. The monoisotopic (exact) mass is 238 g/mol. The summed E-state index contributed by atoms with van der Waals surface area (Å²) in [7, 11) is 0. The molecule has 0 radical (unpaired) electrons. The zero-order valence-corrected chi connectivity index (χ0v) is 10.5. The van der Waals surface area contributed by atoms with Crippen molar-refractivity contribution in [1.82, 2.24) is 20.0 Å². The molecule has 1 unspecified atom stereocenters. The van der Waals surface area contributed by atoms with E-state index >= 15 is 0 Å². The van der Waals surface area contributed by atoms with Crippen LogP contribution in [0.15, 0.2) is 12.3 Å². The molecule has 0 bridgehead atoms. The van der Waals surface area contributed by atoms with E-state index in [2.05, 4.69) is 39.9 Å². The fourth-order valence-electron chi connectivity index (χ4n) is 2.70. The zero-order valence-electron chi connectivity index (χ0n) is 10.5. The summed E-state index contributed by atoms with van der Waals surface area (Å²) in [5.41, 5.74) is 1.32. The second-order valence-electron chi connectivity index (χ2n) is 5.43. The number of nitrogens with zero attached hydrogens (tertiary/aromatic N) is 3. The molecule has 17 heavy (non-hydrogen) atoms. The van der Waals surface area contributed by atoms with E-state index in [1.165, 1.54) is 5.69 Å². The largest absolute Gasteiger partial charge is 0.364 e. The van der Waals surface area contributed by atoms with E-state index in [4.69, 9.17) is 4.74 Å². The van der Waals surface area contributed by atoms with Crippen LogP contribution in [0.3, 0.4) is 0 Å². The normalized spacial score (nSPS) is 29.8. The molecule has 1 fully saturated rings. The Balaban J connectivity index is 0.00000120. The molecule has 5 heteroatoms. The van der Waals surface area contributed by atoms with Gasteiger partial charge in [0.05, 0.1) is 31.1 Å². The highest BCUT2D eigenvalue weighted by atomic mass is 16.5. The van der Waals surface area contributed by atoms with Gasteiger partial charge in [-0.25, -0.2) is 0 Å². The number of aromatic nitrogens is 2. The second kappa shape index (κ2) is 4.08. The number of fused-ring (bicyclic) bond motifs is 1. The van der Waals surface area contributed by atoms with Gasteiger partial charge in [0.25, 0.3) is 0 Å². The third-order valence-corrected chi connectivity index (χ3v) is 3.79. The summed E-state index contributed by atoms with van der Waals surface area (Å²) in [6, 6.07) is 2.65. The molecule has 0 aliphatic carbocycles. The highest BCUT2D eigenvalue weighted by molar-refractivity contribution is 5.07. The van der Waals surface area contributed by atoms with Crippen molar-refractivity contribution in [2.45, 2.75) is 38.5 Å². The van der Waals surface area contributed by atoms with Crippen molar-refractivity contribution in [3.63, 3.8) is 0 Å². The second-order valence-corrected chi connectivity index (χ2v) is 5.43. The molecule has 1 saturated heterocycles. The summed E-state index contributed by atoms with van der Waals surface area (Å²) in [5, 5.41) is 7.93. The van der Waals surface area contributed by atoms with Crippen molar-refractivity contribution < 1.29 is 6.16 Å². The first-order chi connectivity index (χ1) is 8.19. The molecule has 0 amide bonds. The van der Waals surface area contributed by atoms with Gasteiger partial charge in [-0.2, -0.15) is 5.10 Å². The van der Waals surface area contributed by atoms with Crippen molar-refractivity contribution >= 4 is 0 Å². The maximum atomic E-state index is 5.53. The van der Waals surface area contributed by atoms with Gasteiger partial charge in [0.15, 0.2) is 0 Å². The predicted octanol–water partition coefficient (Wildman–Crippen LogP) is 0.669. The summed E-state index contributed by atoms with van der Waals surface area (Å²) in [6.45, 7) is 8.82. The Kier molecular flexibility index (Phi) is 2.69. The highest BCUT2D eigenvalue weighted by Crippen LogP contribution is 2.23. The maximum Gasteiger partial charge on any atom is 0.0972 e. The minimum atomic E-state index is 0. The molecule has 3 rings (SSSR count). The first-order valence-corrected chi connectivity index (χ1v) is 6.26. The molecule has 0 aromatic carbocycles. The van der Waals surface area contributed by atoms with E-state index in [1.807, 2.05) is 6.20 Å². The minimum absolute atomic E-state index is 0. The molecule has 96 valence electrons. The van der Waals surface area contributed by atoms with Gasteiger partial charge >= 0.3 is 0 Å². The Morgan fingerprint density at radius 2 is 2.41 bits per heavy atom. The minimum Gasteiger partial charge on any atom is -0.364 e. The van der Waals surface area contributed by atoms with Gasteiger partial charge in [-0.1, -0.05) is 0 Å². The quantitative estimate of drug-likeness (QED) is 0.781. The first-order valence-electron chi connectivity index (χ1n) is 6.26. The van der Waals surface area contributed by atoms with Crippen LogP contribution in [0, 0.1) is 0 Å². The van der Waals surface area contributed by atoms with Crippen LogP contribution < -0.4 is 5.32 Å². The summed E-state index contributed by atoms with van der Waals surface area (Å²) < 4.78 is 7.65. The smallest absolute Gasteiger partial charge is 0.0972 e. The van der Waals surface area contributed by atoms with Crippen LogP contribution in [0.2, 0.25) is 0 Å². The van der Waals surface area contributed by atoms with E-state index in [1.54, 1.807) is 0 Å². The van der Waals surface area contributed by atoms with Gasteiger partial charge < -0.3 is 4.74 Å². The van der Waals surface area contributed by atoms with Gasteiger partial charge in [-0.15, -0.1) is 0 Å². The average molecular weight is 238 g/mol. The van der Waals surface area contributed by atoms with Crippen molar-refractivity contribution in [3.8, 4) is 0 Å². The lowest BCUT2D eigenvalue weighted by molar-refractivity contribution is 0.130. The summed E-state index contributed by atoms with van der Waals surface area (Å²) in [4.78, 5) is 2.49. The lowest BCUT2D eigenvalue weighted by Crippen LogP contribution is -2.54. The molecule has 1 atom stereocenters. The van der Waals surface area contributed by atoms with Crippen LogP contribution >= 0.6 is 0 Å². The number of hydrogen-bond acceptors (Lipinski definition) is 4. The number of ether oxygens (including phenoxy) is 1. The fourth-order valence-corrected chi connectivity index (χ4v) is 2.70. The van der Waals surface area contributed by atoms with Gasteiger partial charge in [-0.05, 0) is 19.9 Å². The van der Waals surface area contributed by atoms with Crippen molar-refractivity contribution in [2.75, 3.05) is 19.9 Å². The highest BCUT2D eigenvalue weighted by Gasteiger charge is 2.40. The molecular weight excluding hydrogens is 216 g/mol. The molecule has 2 aliphatic heterocycles. The topological polar surface area (TPSA) is 42.3 Å². The molecule has 1 N–H and O–H groups in total. The van der Waals surface area contributed by atoms with Gasteiger partial charge in [-0.3, -0.25) is 14.9 Å². The zero-order chi connectivity index (χ0) is 11.9. The Hall–Kier alpha value is -0.910. The van der Waals surface area contributed by atoms with Crippen molar-refractivity contribution in [1.29, 1.82) is 0 Å². The molecule has 3 heterocycles. The number of rotatable bonds is 1. The average Bonchev–Trinajstić information content (AvgIpc) is 2.86. The van der Waals surface area contributed by atoms with Gasteiger partial charge in [0.2, 0.25) is 0 Å². The Morgan fingerprint density at radius 1 is 1.53 bits per heavy atom. The van der Waals surface area contributed by atoms with Crippen LogP contribution in [-0.2, 0) is 17.8 Å². The molecule has 0 saturated carbocycles. The first kappa shape index (κ1) is 11.2. The summed E-state index contributed by atoms with van der Waals surface area (Å²) in [6.07, 6.45) is 1.89. The fraction of sp³-hybridized carbons (Fsp3) is 0.750. The van der Waals surface area contributed by atoms with Crippen LogP contribution in [0.5, 0.6) is 0 Å².